The Morgan fingerprint density at radius 3 is 2.74 bits per heavy atom. The molecule has 0 aromatic carbocycles. The Kier molecular flexibility index (Phi) is 4.66. The molecule has 1 aromatic heterocycles. The molecule has 0 bridgehead atoms. The first-order valence-electron chi connectivity index (χ1n) is 6.79. The van der Waals surface area contributed by atoms with Crippen LogP contribution < -0.4 is 10.0 Å². The van der Waals surface area contributed by atoms with Crippen molar-refractivity contribution < 1.29 is 8.42 Å². The quantitative estimate of drug-likeness (QED) is 0.812. The van der Waals surface area contributed by atoms with Gasteiger partial charge in [-0.15, -0.1) is 11.3 Å². The molecule has 1 heterocycles. The molecule has 0 saturated heterocycles. The highest BCUT2D eigenvalue weighted by atomic mass is 32.2. The fourth-order valence-corrected chi connectivity index (χ4v) is 5.41. The van der Waals surface area contributed by atoms with E-state index in [1.165, 1.54) is 11.3 Å². The smallest absolute Gasteiger partial charge is 0.242 e. The summed E-state index contributed by atoms with van der Waals surface area (Å²) in [5.74, 6) is 0.519. The molecule has 2 unspecified atom stereocenters. The lowest BCUT2D eigenvalue weighted by Crippen LogP contribution is -2.28. The van der Waals surface area contributed by atoms with Crippen molar-refractivity contribution in [1.29, 1.82) is 0 Å². The molecule has 1 aliphatic rings. The van der Waals surface area contributed by atoms with Gasteiger partial charge in [-0.2, -0.15) is 0 Å². The van der Waals surface area contributed by atoms with E-state index in [4.69, 9.17) is 0 Å². The summed E-state index contributed by atoms with van der Waals surface area (Å²) in [4.78, 5) is 1.39. The molecule has 1 aliphatic carbocycles. The van der Waals surface area contributed by atoms with E-state index in [1.54, 1.807) is 0 Å². The van der Waals surface area contributed by atoms with Gasteiger partial charge in [0.2, 0.25) is 10.0 Å². The minimum absolute atomic E-state index is 0.140. The van der Waals surface area contributed by atoms with E-state index in [9.17, 15) is 8.42 Å². The number of sulfonamides is 1. The molecule has 1 aromatic rings. The second-order valence-corrected chi connectivity index (χ2v) is 7.70. The van der Waals surface area contributed by atoms with Gasteiger partial charge in [-0.05, 0) is 36.8 Å². The average Bonchev–Trinajstić information content (AvgIpc) is 2.98. The van der Waals surface area contributed by atoms with E-state index < -0.39 is 10.0 Å². The average molecular weight is 302 g/mol. The van der Waals surface area contributed by atoms with Crippen LogP contribution in [0.4, 0.5) is 0 Å². The van der Waals surface area contributed by atoms with Crippen LogP contribution in [-0.4, -0.2) is 21.0 Å². The summed E-state index contributed by atoms with van der Waals surface area (Å²) in [6.07, 6.45) is 2.02. The second-order valence-electron chi connectivity index (χ2n) is 5.08. The van der Waals surface area contributed by atoms with E-state index in [1.807, 2.05) is 19.2 Å². The molecule has 2 N–H and O–H groups in total. The summed E-state index contributed by atoms with van der Waals surface area (Å²) in [5.41, 5.74) is 0.846. The van der Waals surface area contributed by atoms with Crippen molar-refractivity contribution >= 4 is 21.4 Å². The number of nitrogens with one attached hydrogen (secondary N) is 2. The van der Waals surface area contributed by atoms with Gasteiger partial charge in [-0.3, -0.25) is 0 Å². The fourth-order valence-electron chi connectivity index (χ4n) is 2.31. The first kappa shape index (κ1) is 15.0. The summed E-state index contributed by atoms with van der Waals surface area (Å²) in [7, 11) is -3.37. The van der Waals surface area contributed by atoms with Gasteiger partial charge in [-0.25, -0.2) is 13.1 Å². The van der Waals surface area contributed by atoms with Crippen molar-refractivity contribution in [3.8, 4) is 0 Å². The van der Waals surface area contributed by atoms with Gasteiger partial charge in [0.05, 0.1) is 0 Å². The summed E-state index contributed by atoms with van der Waals surface area (Å²) >= 11 is 1.52. The van der Waals surface area contributed by atoms with Crippen molar-refractivity contribution in [3.05, 3.63) is 15.8 Å². The standard InChI is InChI=1S/C13H22N2O2S2/c1-4-10-6-11(10)15-19(16,17)13-9(3)8-18-12(13)7-14-5-2/h8,10-11,14-15H,4-7H2,1-3H3. The van der Waals surface area contributed by atoms with Crippen LogP contribution in [0.1, 0.15) is 37.1 Å². The number of hydrogen-bond acceptors (Lipinski definition) is 4. The van der Waals surface area contributed by atoms with Gasteiger partial charge < -0.3 is 5.32 Å². The predicted octanol–water partition coefficient (Wildman–Crippen LogP) is 2.24. The van der Waals surface area contributed by atoms with Crippen LogP contribution in [0.2, 0.25) is 0 Å². The highest BCUT2D eigenvalue weighted by Crippen LogP contribution is 2.35. The molecular weight excluding hydrogens is 280 g/mol. The Morgan fingerprint density at radius 2 is 2.16 bits per heavy atom. The minimum atomic E-state index is -3.37. The van der Waals surface area contributed by atoms with Crippen LogP contribution in [0.25, 0.3) is 0 Å². The maximum Gasteiger partial charge on any atom is 0.242 e. The normalized spacial score (nSPS) is 22.7. The summed E-state index contributed by atoms with van der Waals surface area (Å²) in [6, 6.07) is 0.140. The molecule has 0 spiro atoms. The van der Waals surface area contributed by atoms with Gasteiger partial charge in [0.25, 0.3) is 0 Å². The SMILES string of the molecule is CCNCc1scc(C)c1S(=O)(=O)NC1CC1CC. The first-order valence-corrected chi connectivity index (χ1v) is 9.15. The molecule has 108 valence electrons. The molecule has 2 rings (SSSR count). The van der Waals surface area contributed by atoms with E-state index in [0.717, 1.165) is 29.8 Å². The molecule has 19 heavy (non-hydrogen) atoms. The zero-order valence-electron chi connectivity index (χ0n) is 11.7. The van der Waals surface area contributed by atoms with E-state index in [0.29, 0.717) is 17.4 Å². The zero-order valence-corrected chi connectivity index (χ0v) is 13.3. The van der Waals surface area contributed by atoms with E-state index in [2.05, 4.69) is 17.0 Å². The van der Waals surface area contributed by atoms with Crippen molar-refractivity contribution in [2.24, 2.45) is 5.92 Å². The first-order chi connectivity index (χ1) is 8.99. The van der Waals surface area contributed by atoms with Crippen molar-refractivity contribution in [2.45, 2.75) is 51.1 Å². The molecule has 2 atom stereocenters. The largest absolute Gasteiger partial charge is 0.312 e. The number of rotatable bonds is 7. The van der Waals surface area contributed by atoms with Crippen LogP contribution in [0.15, 0.2) is 10.3 Å². The maximum atomic E-state index is 12.5. The van der Waals surface area contributed by atoms with Crippen LogP contribution in [0.5, 0.6) is 0 Å². The van der Waals surface area contributed by atoms with Crippen molar-refractivity contribution in [3.63, 3.8) is 0 Å². The molecule has 1 fully saturated rings. The summed E-state index contributed by atoms with van der Waals surface area (Å²) in [5, 5.41) is 5.12. The third kappa shape index (κ3) is 3.37. The van der Waals surface area contributed by atoms with Crippen LogP contribution in [-0.2, 0) is 16.6 Å². The monoisotopic (exact) mass is 302 g/mol. The van der Waals surface area contributed by atoms with Crippen molar-refractivity contribution in [2.75, 3.05) is 6.54 Å². The molecule has 0 amide bonds. The number of thiophene rings is 1. The lowest BCUT2D eigenvalue weighted by atomic mass is 10.3. The minimum Gasteiger partial charge on any atom is -0.312 e. The predicted molar refractivity (Wildman–Crippen MR) is 78.9 cm³/mol. The van der Waals surface area contributed by atoms with Gasteiger partial charge >= 0.3 is 0 Å². The zero-order chi connectivity index (χ0) is 14.0. The Hall–Kier alpha value is -0.430. The number of hydrogen-bond donors (Lipinski definition) is 2. The van der Waals surface area contributed by atoms with Gasteiger partial charge in [0.15, 0.2) is 0 Å². The van der Waals surface area contributed by atoms with Crippen LogP contribution in [0, 0.1) is 12.8 Å². The lowest BCUT2D eigenvalue weighted by Gasteiger charge is -2.09. The molecule has 4 nitrogen and oxygen atoms in total. The Bertz CT molecular complexity index is 537. The molecular formula is C13H22N2O2S2. The third-order valence-electron chi connectivity index (χ3n) is 3.55. The van der Waals surface area contributed by atoms with Crippen molar-refractivity contribution in [1.82, 2.24) is 10.0 Å². The Balaban J connectivity index is 2.17. The van der Waals surface area contributed by atoms with Gasteiger partial charge in [0, 0.05) is 17.5 Å². The summed E-state index contributed by atoms with van der Waals surface area (Å²) < 4.78 is 27.8. The van der Waals surface area contributed by atoms with Gasteiger partial charge in [-0.1, -0.05) is 20.3 Å². The highest BCUT2D eigenvalue weighted by Gasteiger charge is 2.39. The van der Waals surface area contributed by atoms with E-state index >= 15 is 0 Å². The molecule has 6 heteroatoms. The van der Waals surface area contributed by atoms with Crippen LogP contribution in [0.3, 0.4) is 0 Å². The Labute approximate surface area is 119 Å². The maximum absolute atomic E-state index is 12.5. The van der Waals surface area contributed by atoms with Gasteiger partial charge in [0.1, 0.15) is 4.90 Å². The molecule has 0 radical (unpaired) electrons. The lowest BCUT2D eigenvalue weighted by molar-refractivity contribution is 0.573. The van der Waals surface area contributed by atoms with E-state index in [-0.39, 0.29) is 6.04 Å². The van der Waals surface area contributed by atoms with Crippen LogP contribution >= 0.6 is 11.3 Å². The third-order valence-corrected chi connectivity index (χ3v) is 6.50. The second kappa shape index (κ2) is 5.91. The highest BCUT2D eigenvalue weighted by molar-refractivity contribution is 7.89. The summed E-state index contributed by atoms with van der Waals surface area (Å²) in [6.45, 7) is 7.44. The number of aryl methyl sites for hydroxylation is 1. The topological polar surface area (TPSA) is 58.2 Å². The fraction of sp³-hybridized carbons (Fsp3) is 0.692. The molecule has 1 saturated carbocycles. The Morgan fingerprint density at radius 1 is 1.42 bits per heavy atom. The molecule has 0 aliphatic heterocycles.